The molecule has 0 unspecified atom stereocenters. The molecule has 22 heavy (non-hydrogen) atoms. The molecule has 0 spiro atoms. The van der Waals surface area contributed by atoms with Gasteiger partial charge in [0.2, 0.25) is 5.16 Å². The lowest BCUT2D eigenvalue weighted by Gasteiger charge is -2.03. The number of hydrogen-bond acceptors (Lipinski definition) is 6. The number of aromatic nitrogens is 4. The second-order valence-electron chi connectivity index (χ2n) is 4.35. The summed E-state index contributed by atoms with van der Waals surface area (Å²) in [6.45, 7) is 0.521. The van der Waals surface area contributed by atoms with Crippen LogP contribution >= 0.6 is 23.5 Å². The van der Waals surface area contributed by atoms with Crippen LogP contribution in [0.25, 0.3) is 0 Å². The number of nitrogens with zero attached hydrogens (tertiary/aromatic N) is 4. The van der Waals surface area contributed by atoms with Gasteiger partial charge < -0.3 is 4.42 Å². The lowest BCUT2D eigenvalue weighted by molar-refractivity contribution is 0.462. The van der Waals surface area contributed by atoms with Crippen molar-refractivity contribution < 1.29 is 8.81 Å². The van der Waals surface area contributed by atoms with E-state index in [0.29, 0.717) is 6.54 Å². The molecule has 0 saturated heterocycles. The average Bonchev–Trinajstić information content (AvgIpc) is 3.18. The van der Waals surface area contributed by atoms with Crippen molar-refractivity contribution in [2.75, 3.05) is 11.5 Å². The maximum Gasteiger partial charge on any atom is 0.209 e. The quantitative estimate of drug-likeness (QED) is 0.487. The fourth-order valence-corrected chi connectivity index (χ4v) is 3.53. The molecule has 2 aromatic heterocycles. The molecule has 8 heteroatoms. The molecule has 0 atom stereocenters. The van der Waals surface area contributed by atoms with Gasteiger partial charge in [0.15, 0.2) is 0 Å². The number of rotatable bonds is 7. The van der Waals surface area contributed by atoms with Gasteiger partial charge in [-0.15, -0.1) is 16.9 Å². The van der Waals surface area contributed by atoms with Crippen LogP contribution < -0.4 is 0 Å². The number of halogens is 1. The second-order valence-corrected chi connectivity index (χ2v) is 6.58. The van der Waals surface area contributed by atoms with Crippen molar-refractivity contribution >= 4 is 23.5 Å². The van der Waals surface area contributed by atoms with Gasteiger partial charge in [-0.25, -0.2) is 9.07 Å². The molecule has 0 radical (unpaired) electrons. The standard InChI is InChI=1S/C14H13FN4OS2/c15-11-3-5-13(6-4-11)21-8-9-22-14-16-17-18-19(14)10-12-2-1-7-20-12/h1-7H,8-10H2. The maximum absolute atomic E-state index is 12.8. The van der Waals surface area contributed by atoms with E-state index in [1.54, 1.807) is 46.6 Å². The summed E-state index contributed by atoms with van der Waals surface area (Å²) in [5, 5.41) is 12.4. The van der Waals surface area contributed by atoms with Crippen LogP contribution in [-0.2, 0) is 6.54 Å². The number of tetrazole rings is 1. The molecule has 114 valence electrons. The van der Waals surface area contributed by atoms with E-state index in [0.717, 1.165) is 27.3 Å². The highest BCUT2D eigenvalue weighted by Crippen LogP contribution is 2.22. The van der Waals surface area contributed by atoms with E-state index >= 15 is 0 Å². The van der Waals surface area contributed by atoms with Gasteiger partial charge in [0.25, 0.3) is 0 Å². The minimum absolute atomic E-state index is 0.212. The molecule has 2 heterocycles. The first-order valence-electron chi connectivity index (χ1n) is 6.61. The van der Waals surface area contributed by atoms with Gasteiger partial charge in [-0.05, 0) is 46.8 Å². The van der Waals surface area contributed by atoms with E-state index in [1.165, 1.54) is 12.1 Å². The van der Waals surface area contributed by atoms with Gasteiger partial charge in [-0.2, -0.15) is 0 Å². The van der Waals surface area contributed by atoms with Crippen LogP contribution in [0.1, 0.15) is 5.76 Å². The fraction of sp³-hybridized carbons (Fsp3) is 0.214. The van der Waals surface area contributed by atoms with Crippen LogP contribution in [0.3, 0.4) is 0 Å². The molecule has 1 aromatic carbocycles. The Morgan fingerprint density at radius 2 is 1.91 bits per heavy atom. The van der Waals surface area contributed by atoms with E-state index in [-0.39, 0.29) is 5.82 Å². The Balaban J connectivity index is 1.48. The third kappa shape index (κ3) is 4.11. The van der Waals surface area contributed by atoms with Crippen LogP contribution in [0.15, 0.2) is 57.1 Å². The molecular weight excluding hydrogens is 323 g/mol. The highest BCUT2D eigenvalue weighted by molar-refractivity contribution is 8.02. The summed E-state index contributed by atoms with van der Waals surface area (Å²) in [7, 11) is 0. The molecule has 0 N–H and O–H groups in total. The Labute approximate surface area is 135 Å². The number of benzene rings is 1. The van der Waals surface area contributed by atoms with Crippen molar-refractivity contribution in [1.29, 1.82) is 0 Å². The molecule has 3 aromatic rings. The lowest BCUT2D eigenvalue weighted by atomic mass is 10.4. The second kappa shape index (κ2) is 7.46. The zero-order chi connectivity index (χ0) is 15.2. The van der Waals surface area contributed by atoms with Crippen LogP contribution in [0, 0.1) is 5.82 Å². The van der Waals surface area contributed by atoms with Crippen molar-refractivity contribution in [2.24, 2.45) is 0 Å². The van der Waals surface area contributed by atoms with E-state index in [2.05, 4.69) is 15.5 Å². The molecule has 5 nitrogen and oxygen atoms in total. The highest BCUT2D eigenvalue weighted by atomic mass is 32.2. The summed E-state index contributed by atoms with van der Waals surface area (Å²) in [4.78, 5) is 1.05. The smallest absolute Gasteiger partial charge is 0.209 e. The third-order valence-corrected chi connectivity index (χ3v) is 5.01. The van der Waals surface area contributed by atoms with Crippen molar-refractivity contribution in [3.63, 3.8) is 0 Å². The van der Waals surface area contributed by atoms with Crippen LogP contribution in [0.4, 0.5) is 4.39 Å². The molecule has 0 aliphatic rings. The SMILES string of the molecule is Fc1ccc(SCCSc2nnnn2Cc2ccco2)cc1. The summed E-state index contributed by atoms with van der Waals surface area (Å²) in [6, 6.07) is 10.2. The zero-order valence-electron chi connectivity index (χ0n) is 11.6. The summed E-state index contributed by atoms with van der Waals surface area (Å²) in [5.41, 5.74) is 0. The van der Waals surface area contributed by atoms with E-state index in [1.807, 2.05) is 12.1 Å². The largest absolute Gasteiger partial charge is 0.467 e. The number of thioether (sulfide) groups is 2. The van der Waals surface area contributed by atoms with Crippen molar-refractivity contribution in [3.8, 4) is 0 Å². The van der Waals surface area contributed by atoms with Crippen molar-refractivity contribution in [1.82, 2.24) is 20.2 Å². The minimum Gasteiger partial charge on any atom is -0.467 e. The van der Waals surface area contributed by atoms with Gasteiger partial charge in [-0.1, -0.05) is 11.8 Å². The molecule has 3 rings (SSSR count). The zero-order valence-corrected chi connectivity index (χ0v) is 13.2. The Morgan fingerprint density at radius 3 is 2.68 bits per heavy atom. The van der Waals surface area contributed by atoms with Gasteiger partial charge in [0.1, 0.15) is 18.1 Å². The first kappa shape index (κ1) is 15.1. The monoisotopic (exact) mass is 336 g/mol. The van der Waals surface area contributed by atoms with Crippen LogP contribution in [0.5, 0.6) is 0 Å². The summed E-state index contributed by atoms with van der Waals surface area (Å²) >= 11 is 3.27. The Hall–Kier alpha value is -1.80. The van der Waals surface area contributed by atoms with Crippen LogP contribution in [0.2, 0.25) is 0 Å². The molecule has 0 aliphatic heterocycles. The number of hydrogen-bond donors (Lipinski definition) is 0. The van der Waals surface area contributed by atoms with Gasteiger partial charge in [0.05, 0.1) is 6.26 Å². The highest BCUT2D eigenvalue weighted by Gasteiger charge is 2.08. The van der Waals surface area contributed by atoms with E-state index < -0.39 is 0 Å². The van der Waals surface area contributed by atoms with Gasteiger partial charge in [0, 0.05) is 16.4 Å². The van der Waals surface area contributed by atoms with Crippen molar-refractivity contribution in [3.05, 3.63) is 54.2 Å². The number of furan rings is 1. The predicted molar refractivity (Wildman–Crippen MR) is 83.5 cm³/mol. The Kier molecular flexibility index (Phi) is 5.12. The third-order valence-electron chi connectivity index (χ3n) is 2.78. The van der Waals surface area contributed by atoms with E-state index in [9.17, 15) is 4.39 Å². The topological polar surface area (TPSA) is 56.7 Å². The fourth-order valence-electron chi connectivity index (χ4n) is 1.77. The van der Waals surface area contributed by atoms with E-state index in [4.69, 9.17) is 4.42 Å². The molecular formula is C14H13FN4OS2. The lowest BCUT2D eigenvalue weighted by Crippen LogP contribution is -2.03. The summed E-state index contributed by atoms with van der Waals surface area (Å²) < 4.78 is 19.8. The first-order valence-corrected chi connectivity index (χ1v) is 8.58. The Morgan fingerprint density at radius 1 is 1.09 bits per heavy atom. The molecule has 0 bridgehead atoms. The van der Waals surface area contributed by atoms with Crippen LogP contribution in [-0.4, -0.2) is 31.7 Å². The van der Waals surface area contributed by atoms with Gasteiger partial charge in [-0.3, -0.25) is 0 Å². The molecule has 0 saturated carbocycles. The molecule has 0 amide bonds. The minimum atomic E-state index is -0.212. The predicted octanol–water partition coefficient (Wildman–Crippen LogP) is 3.34. The van der Waals surface area contributed by atoms with Gasteiger partial charge >= 0.3 is 0 Å². The maximum atomic E-state index is 12.8. The van der Waals surface area contributed by atoms with Crippen molar-refractivity contribution in [2.45, 2.75) is 16.6 Å². The Bertz CT molecular complexity index is 700. The molecule has 0 aliphatic carbocycles. The molecule has 0 fully saturated rings. The summed E-state index contributed by atoms with van der Waals surface area (Å²) in [5.74, 6) is 2.36. The summed E-state index contributed by atoms with van der Waals surface area (Å²) in [6.07, 6.45) is 1.63. The average molecular weight is 336 g/mol. The normalized spacial score (nSPS) is 11.0. The first-order chi connectivity index (χ1) is 10.8.